The van der Waals surface area contributed by atoms with Crippen LogP contribution in [0, 0.1) is 11.3 Å². The predicted octanol–water partition coefficient (Wildman–Crippen LogP) is 3.54. The van der Waals surface area contributed by atoms with E-state index in [0.29, 0.717) is 17.5 Å². The van der Waals surface area contributed by atoms with Crippen LogP contribution in [0.15, 0.2) is 0 Å². The molecule has 1 rings (SSSR count). The van der Waals surface area contributed by atoms with Gasteiger partial charge in [-0.05, 0) is 38.5 Å². The van der Waals surface area contributed by atoms with Crippen molar-refractivity contribution in [2.45, 2.75) is 79.5 Å². The molecule has 3 heteroatoms. The highest BCUT2D eigenvalue weighted by atomic mass is 16.5. The maximum absolute atomic E-state index is 5.95. The maximum Gasteiger partial charge on any atom is 0.0600 e. The van der Waals surface area contributed by atoms with Crippen LogP contribution in [0.2, 0.25) is 0 Å². The normalized spacial score (nSPS) is 25.6. The molecule has 0 aliphatic carbocycles. The zero-order valence-corrected chi connectivity index (χ0v) is 15.6. The minimum atomic E-state index is -0.0391. The second kappa shape index (κ2) is 7.43. The zero-order valence-electron chi connectivity index (χ0n) is 15.6. The van der Waals surface area contributed by atoms with Crippen LogP contribution >= 0.6 is 0 Å². The van der Waals surface area contributed by atoms with E-state index in [1.54, 1.807) is 0 Å². The molecular weight excluding hydrogens is 260 g/mol. The first-order chi connectivity index (χ1) is 9.49. The van der Waals surface area contributed by atoms with E-state index in [0.717, 1.165) is 32.2 Å². The summed E-state index contributed by atoms with van der Waals surface area (Å²) >= 11 is 0. The van der Waals surface area contributed by atoms with Gasteiger partial charge in [0.15, 0.2) is 0 Å². The van der Waals surface area contributed by atoms with Crippen molar-refractivity contribution in [3.05, 3.63) is 0 Å². The van der Waals surface area contributed by atoms with Crippen LogP contribution in [-0.4, -0.2) is 48.8 Å². The quantitative estimate of drug-likeness (QED) is 0.840. The van der Waals surface area contributed by atoms with E-state index in [1.165, 1.54) is 6.42 Å². The summed E-state index contributed by atoms with van der Waals surface area (Å²) in [6.45, 7) is 22.2. The maximum atomic E-state index is 5.95. The van der Waals surface area contributed by atoms with Gasteiger partial charge in [-0.2, -0.15) is 0 Å². The second-order valence-electron chi connectivity index (χ2n) is 9.07. The van der Waals surface area contributed by atoms with Gasteiger partial charge >= 0.3 is 0 Å². The Morgan fingerprint density at radius 1 is 1.14 bits per heavy atom. The fourth-order valence-electron chi connectivity index (χ4n) is 3.18. The Hall–Kier alpha value is -0.120. The topological polar surface area (TPSA) is 24.5 Å². The van der Waals surface area contributed by atoms with E-state index in [-0.39, 0.29) is 5.60 Å². The van der Waals surface area contributed by atoms with Gasteiger partial charge in [-0.3, -0.25) is 4.90 Å². The molecule has 1 heterocycles. The lowest BCUT2D eigenvalue weighted by Gasteiger charge is -2.47. The number of piperazine rings is 1. The van der Waals surface area contributed by atoms with Crippen LogP contribution < -0.4 is 5.32 Å². The lowest BCUT2D eigenvalue weighted by atomic mass is 9.83. The lowest BCUT2D eigenvalue weighted by molar-refractivity contribution is -0.0332. The Balaban J connectivity index is 2.61. The Bertz CT molecular complexity index is 301. The third-order valence-corrected chi connectivity index (χ3v) is 4.16. The molecular formula is C18H38N2O. The molecule has 126 valence electrons. The minimum Gasteiger partial charge on any atom is -0.375 e. The summed E-state index contributed by atoms with van der Waals surface area (Å²) < 4.78 is 5.95. The molecule has 2 atom stereocenters. The van der Waals surface area contributed by atoms with E-state index in [4.69, 9.17) is 4.74 Å². The van der Waals surface area contributed by atoms with Gasteiger partial charge in [-0.15, -0.1) is 0 Å². The van der Waals surface area contributed by atoms with Crippen molar-refractivity contribution in [1.29, 1.82) is 0 Å². The van der Waals surface area contributed by atoms with Crippen LogP contribution in [0.4, 0.5) is 0 Å². The van der Waals surface area contributed by atoms with Crippen LogP contribution in [0.1, 0.15) is 61.8 Å². The zero-order chi connectivity index (χ0) is 16.3. The number of nitrogens with zero attached hydrogens (tertiary/aromatic N) is 1. The molecule has 1 aliphatic rings. The summed E-state index contributed by atoms with van der Waals surface area (Å²) in [7, 11) is 0. The van der Waals surface area contributed by atoms with Gasteiger partial charge in [-0.1, -0.05) is 34.6 Å². The second-order valence-corrected chi connectivity index (χ2v) is 9.07. The van der Waals surface area contributed by atoms with E-state index in [9.17, 15) is 0 Å². The van der Waals surface area contributed by atoms with Gasteiger partial charge in [0.05, 0.1) is 12.2 Å². The van der Waals surface area contributed by atoms with E-state index in [2.05, 4.69) is 65.6 Å². The fraction of sp³-hybridized carbons (Fsp3) is 1.00. The van der Waals surface area contributed by atoms with Gasteiger partial charge in [0.25, 0.3) is 0 Å². The van der Waals surface area contributed by atoms with Crippen molar-refractivity contribution in [2.75, 3.05) is 26.2 Å². The molecule has 3 nitrogen and oxygen atoms in total. The molecule has 21 heavy (non-hydrogen) atoms. The summed E-state index contributed by atoms with van der Waals surface area (Å²) in [5, 5.41) is 3.76. The third kappa shape index (κ3) is 7.12. The Kier molecular flexibility index (Phi) is 6.70. The highest BCUT2D eigenvalue weighted by molar-refractivity contribution is 4.92. The SMILES string of the molecule is CC(C)CC1CN(CCOC(C)(C)C)C(C(C)(C)C)CN1. The molecule has 1 N–H and O–H groups in total. The summed E-state index contributed by atoms with van der Waals surface area (Å²) in [6.07, 6.45) is 1.26. The van der Waals surface area contributed by atoms with Crippen LogP contribution in [-0.2, 0) is 4.74 Å². The van der Waals surface area contributed by atoms with E-state index >= 15 is 0 Å². The fourth-order valence-corrected chi connectivity index (χ4v) is 3.18. The molecule has 1 aliphatic heterocycles. The smallest absolute Gasteiger partial charge is 0.0600 e. The highest BCUT2D eigenvalue weighted by Gasteiger charge is 2.35. The van der Waals surface area contributed by atoms with Gasteiger partial charge in [0, 0.05) is 31.7 Å². The average molecular weight is 299 g/mol. The molecule has 0 amide bonds. The molecule has 0 saturated carbocycles. The first-order valence-corrected chi connectivity index (χ1v) is 8.60. The number of hydrogen-bond donors (Lipinski definition) is 1. The summed E-state index contributed by atoms with van der Waals surface area (Å²) in [5.74, 6) is 0.751. The lowest BCUT2D eigenvalue weighted by Crippen LogP contribution is -2.61. The van der Waals surface area contributed by atoms with Crippen molar-refractivity contribution in [3.8, 4) is 0 Å². The van der Waals surface area contributed by atoms with Crippen molar-refractivity contribution >= 4 is 0 Å². The number of ether oxygens (including phenoxy) is 1. The predicted molar refractivity (Wildman–Crippen MR) is 91.8 cm³/mol. The Labute approximate surface area is 132 Å². The summed E-state index contributed by atoms with van der Waals surface area (Å²) in [4.78, 5) is 2.65. The molecule has 0 bridgehead atoms. The van der Waals surface area contributed by atoms with Gasteiger partial charge < -0.3 is 10.1 Å². The van der Waals surface area contributed by atoms with Crippen molar-refractivity contribution in [3.63, 3.8) is 0 Å². The largest absolute Gasteiger partial charge is 0.375 e. The van der Waals surface area contributed by atoms with Crippen molar-refractivity contribution in [1.82, 2.24) is 10.2 Å². The van der Waals surface area contributed by atoms with Gasteiger partial charge in [-0.25, -0.2) is 0 Å². The van der Waals surface area contributed by atoms with Crippen LogP contribution in [0.5, 0.6) is 0 Å². The van der Waals surface area contributed by atoms with Crippen LogP contribution in [0.25, 0.3) is 0 Å². The molecule has 1 fully saturated rings. The molecule has 0 radical (unpaired) electrons. The van der Waals surface area contributed by atoms with E-state index in [1.807, 2.05) is 0 Å². The van der Waals surface area contributed by atoms with Crippen LogP contribution in [0.3, 0.4) is 0 Å². The molecule has 0 aromatic rings. The number of hydrogen-bond acceptors (Lipinski definition) is 3. The highest BCUT2D eigenvalue weighted by Crippen LogP contribution is 2.27. The monoisotopic (exact) mass is 298 g/mol. The van der Waals surface area contributed by atoms with Gasteiger partial charge in [0.2, 0.25) is 0 Å². The number of rotatable bonds is 5. The van der Waals surface area contributed by atoms with E-state index < -0.39 is 0 Å². The molecule has 1 saturated heterocycles. The average Bonchev–Trinajstić information content (AvgIpc) is 2.24. The summed E-state index contributed by atoms with van der Waals surface area (Å²) in [5.41, 5.74) is 0.264. The molecule has 0 aromatic carbocycles. The standard InChI is InChI=1S/C18H38N2O/c1-14(2)11-15-13-20(9-10-21-18(6,7)8)16(12-19-15)17(3,4)5/h14-16,19H,9-13H2,1-8H3. The first-order valence-electron chi connectivity index (χ1n) is 8.60. The van der Waals surface area contributed by atoms with Gasteiger partial charge in [0.1, 0.15) is 0 Å². The molecule has 2 unspecified atom stereocenters. The Morgan fingerprint density at radius 2 is 1.76 bits per heavy atom. The summed E-state index contributed by atoms with van der Waals surface area (Å²) in [6, 6.07) is 1.21. The first kappa shape index (κ1) is 18.9. The third-order valence-electron chi connectivity index (χ3n) is 4.16. The minimum absolute atomic E-state index is 0.0391. The number of nitrogens with one attached hydrogen (secondary N) is 1. The molecule has 0 aromatic heterocycles. The van der Waals surface area contributed by atoms with Crippen molar-refractivity contribution < 1.29 is 4.74 Å². The van der Waals surface area contributed by atoms with Crippen molar-refractivity contribution in [2.24, 2.45) is 11.3 Å². The Morgan fingerprint density at radius 3 is 2.24 bits per heavy atom. The molecule has 0 spiro atoms.